The zero-order valence-electron chi connectivity index (χ0n) is 46.4. The Hall–Kier alpha value is -8.07. The molecule has 0 saturated carbocycles. The number of fused-ring (bicyclic) bond motifs is 2. The molecule has 1 saturated heterocycles. The predicted molar refractivity (Wildman–Crippen MR) is 297 cm³/mol. The summed E-state index contributed by atoms with van der Waals surface area (Å²) >= 11 is 0. The number of ketones is 1. The van der Waals surface area contributed by atoms with Crippen LogP contribution >= 0.6 is 0 Å². The molecular weight excluding hydrogens is 1010 g/mol. The third-order valence-corrected chi connectivity index (χ3v) is 13.1. The lowest BCUT2D eigenvalue weighted by atomic mass is 9.94. The fourth-order valence-corrected chi connectivity index (χ4v) is 8.67. The normalized spacial score (nSPS) is 13.9. The van der Waals surface area contributed by atoms with E-state index in [2.05, 4.69) is 31.0 Å². The van der Waals surface area contributed by atoms with Crippen molar-refractivity contribution in [3.63, 3.8) is 0 Å². The molecule has 1 aliphatic rings. The number of hydrogen-bond donors (Lipinski definition) is 3. The van der Waals surface area contributed by atoms with Crippen molar-refractivity contribution in [2.24, 2.45) is 11.1 Å². The van der Waals surface area contributed by atoms with Gasteiger partial charge < -0.3 is 45.1 Å². The van der Waals surface area contributed by atoms with Gasteiger partial charge in [0.05, 0.1) is 49.4 Å². The Labute approximate surface area is 461 Å². The summed E-state index contributed by atoms with van der Waals surface area (Å²) in [5, 5.41) is 23.5. The van der Waals surface area contributed by atoms with Gasteiger partial charge in [0.2, 0.25) is 11.8 Å². The first-order valence-electron chi connectivity index (χ1n) is 26.5. The number of nitrogens with zero attached hydrogens (tertiary/aromatic N) is 8. The Morgan fingerprint density at radius 3 is 1.86 bits per heavy atom. The molecule has 4 amide bonds. The lowest BCUT2D eigenvalue weighted by Crippen LogP contribution is -2.51. The van der Waals surface area contributed by atoms with Crippen molar-refractivity contribution >= 4 is 41.1 Å². The molecule has 0 spiro atoms. The topological polar surface area (TPSA) is 239 Å². The summed E-state index contributed by atoms with van der Waals surface area (Å²) in [6.45, 7) is 14.2. The molecule has 418 valence electrons. The minimum atomic E-state index is -1.15. The van der Waals surface area contributed by atoms with Crippen LogP contribution in [0.2, 0.25) is 0 Å². The number of hydrogen-bond acceptors (Lipinski definition) is 14. The number of rotatable bonds is 20. The average Bonchev–Trinajstić information content (AvgIpc) is 4.23. The first-order chi connectivity index (χ1) is 37.8. The molecule has 5 heterocycles. The van der Waals surface area contributed by atoms with Gasteiger partial charge in [0.1, 0.15) is 31.1 Å². The summed E-state index contributed by atoms with van der Waals surface area (Å²) in [5.74, 6) is 0.233. The number of benzene rings is 3. The number of carbonyl (C=O) groups excluding carboxylic acids is 5. The van der Waals surface area contributed by atoms with Crippen LogP contribution in [-0.4, -0.2) is 114 Å². The average molecular weight is 1080 g/mol. The van der Waals surface area contributed by atoms with E-state index in [0.29, 0.717) is 40.9 Å². The van der Waals surface area contributed by atoms with Gasteiger partial charge in [-0.2, -0.15) is 0 Å². The van der Waals surface area contributed by atoms with Crippen molar-refractivity contribution in [1.82, 2.24) is 49.6 Å². The smallest absolute Gasteiger partial charge is 0.410 e. The minimum absolute atomic E-state index is 0.0609. The molecule has 20 heteroatoms. The second-order valence-electron chi connectivity index (χ2n) is 21.2. The van der Waals surface area contributed by atoms with Crippen molar-refractivity contribution in [2.45, 2.75) is 118 Å². The number of piperidine rings is 1. The SMILES string of the molecule is CC(=O)CN(C)C(=O)OCc1cccc2nnc([C@@H](COCc3ccccc3-c3ccccc3)NC(=O)C(C)(C)N)n12.C[C@@H](OCc1ccccc1)[C@@H](NC(=O)C(C)(C)C)c1nnc2cccc(COC(=O)N3CCCCC3)n12. The van der Waals surface area contributed by atoms with E-state index in [0.717, 1.165) is 54.6 Å². The summed E-state index contributed by atoms with van der Waals surface area (Å²) in [4.78, 5) is 65.5. The highest BCUT2D eigenvalue weighted by atomic mass is 16.6. The van der Waals surface area contributed by atoms with Crippen molar-refractivity contribution < 1.29 is 42.9 Å². The van der Waals surface area contributed by atoms with Gasteiger partial charge in [-0.25, -0.2) is 9.59 Å². The number of carbonyl (C=O) groups is 5. The molecule has 7 aromatic rings. The van der Waals surface area contributed by atoms with Crippen LogP contribution in [0.3, 0.4) is 0 Å². The maximum absolute atomic E-state index is 13.1. The first-order valence-corrected chi connectivity index (χ1v) is 26.5. The molecule has 4 aromatic heterocycles. The molecule has 0 unspecified atom stereocenters. The number of nitrogens with one attached hydrogen (secondary N) is 2. The molecule has 8 rings (SSSR count). The van der Waals surface area contributed by atoms with Crippen LogP contribution in [0, 0.1) is 5.41 Å². The molecule has 0 bridgehead atoms. The lowest BCUT2D eigenvalue weighted by Gasteiger charge is -2.28. The minimum Gasteiger partial charge on any atom is -0.443 e. The number of likely N-dealkylation sites (tertiary alicyclic amines) is 1. The predicted octanol–water partition coefficient (Wildman–Crippen LogP) is 8.33. The highest BCUT2D eigenvalue weighted by Gasteiger charge is 2.33. The van der Waals surface area contributed by atoms with Crippen molar-refractivity contribution in [3.05, 3.63) is 155 Å². The zero-order valence-corrected chi connectivity index (χ0v) is 46.4. The maximum atomic E-state index is 13.1. The van der Waals surface area contributed by atoms with Gasteiger partial charge in [-0.3, -0.25) is 23.2 Å². The van der Waals surface area contributed by atoms with E-state index in [1.54, 1.807) is 41.3 Å². The number of amides is 4. The van der Waals surface area contributed by atoms with Gasteiger partial charge in [-0.15, -0.1) is 20.4 Å². The van der Waals surface area contributed by atoms with E-state index in [4.69, 9.17) is 24.7 Å². The molecular formula is C59H73N11O9. The van der Waals surface area contributed by atoms with Crippen LogP contribution in [0.1, 0.15) is 114 Å². The molecule has 4 N–H and O–H groups in total. The van der Waals surface area contributed by atoms with Crippen LogP contribution in [-0.2, 0) is 59.8 Å². The maximum Gasteiger partial charge on any atom is 0.410 e. The number of Topliss-reactive ketones (excluding diaryl/α,β-unsaturated/α-hetero) is 1. The number of pyridine rings is 2. The molecule has 3 aromatic carbocycles. The van der Waals surface area contributed by atoms with E-state index in [1.165, 1.54) is 18.9 Å². The zero-order chi connectivity index (χ0) is 56.7. The number of aromatic nitrogens is 6. The number of likely N-dealkylation sites (N-methyl/N-ethyl adjacent to an activating group) is 1. The van der Waals surface area contributed by atoms with Gasteiger partial charge in [0.15, 0.2) is 22.9 Å². The summed E-state index contributed by atoms with van der Waals surface area (Å²) in [6, 6.07) is 37.4. The Balaban J connectivity index is 0.000000230. The van der Waals surface area contributed by atoms with Gasteiger partial charge in [0, 0.05) is 25.6 Å². The molecule has 1 fully saturated rings. The van der Waals surface area contributed by atoms with Crippen LogP contribution in [0.5, 0.6) is 0 Å². The second kappa shape index (κ2) is 27.0. The van der Waals surface area contributed by atoms with Gasteiger partial charge in [-0.1, -0.05) is 118 Å². The Kier molecular flexibility index (Phi) is 20.0. The number of ether oxygens (including phenoxy) is 4. The third kappa shape index (κ3) is 16.0. The van der Waals surface area contributed by atoms with Crippen LogP contribution in [0.25, 0.3) is 22.4 Å². The molecule has 0 aliphatic carbocycles. The van der Waals surface area contributed by atoms with Crippen molar-refractivity contribution in [1.29, 1.82) is 0 Å². The number of nitrogens with two attached hydrogens (primary N) is 1. The largest absolute Gasteiger partial charge is 0.443 e. The molecule has 20 nitrogen and oxygen atoms in total. The van der Waals surface area contributed by atoms with Gasteiger partial charge in [-0.05, 0) is 93.5 Å². The van der Waals surface area contributed by atoms with Crippen molar-refractivity contribution in [3.8, 4) is 11.1 Å². The van der Waals surface area contributed by atoms with Crippen molar-refractivity contribution in [2.75, 3.05) is 33.3 Å². The highest BCUT2D eigenvalue weighted by Crippen LogP contribution is 2.27. The Morgan fingerprint density at radius 2 is 1.24 bits per heavy atom. The standard InChI is InChI=1S/C31H36N6O5.C28H37N5O4/c1-21(38)17-36(4)30(40)42-19-24-14-10-16-27-34-35-28(37(24)27)26(33-29(39)31(2,3)32)20-41-18-23-13-8-9-15-25(23)22-11-6-5-7-12-22;1-20(36-18-21-12-7-5-8-13-21)24(29-26(34)28(2,3)4)25-31-30-23-15-11-14-22(33(23)25)19-37-27(35)32-16-9-6-10-17-32/h5-16,26H,17-20,32H2,1-4H3,(H,33,39);5,7-8,11-15,20,24H,6,9-10,16-19H2,1-4H3,(H,29,34)/t26-;20-,24-/m11/s1. The molecule has 1 aliphatic heterocycles. The summed E-state index contributed by atoms with van der Waals surface area (Å²) in [7, 11) is 1.49. The highest BCUT2D eigenvalue weighted by molar-refractivity contribution is 5.85. The van der Waals surface area contributed by atoms with Crippen LogP contribution < -0.4 is 16.4 Å². The lowest BCUT2D eigenvalue weighted by molar-refractivity contribution is -0.130. The summed E-state index contributed by atoms with van der Waals surface area (Å²) in [6.07, 6.45) is 1.75. The van der Waals surface area contributed by atoms with Crippen LogP contribution in [0.15, 0.2) is 121 Å². The monoisotopic (exact) mass is 1080 g/mol. The Bertz CT molecular complexity index is 3160. The van der Waals surface area contributed by atoms with E-state index in [-0.39, 0.29) is 50.8 Å². The summed E-state index contributed by atoms with van der Waals surface area (Å²) < 4.78 is 27.1. The van der Waals surface area contributed by atoms with E-state index in [1.807, 2.05) is 135 Å². The third-order valence-electron chi connectivity index (χ3n) is 13.1. The fraction of sp³-hybridized carbons (Fsp3) is 0.407. The van der Waals surface area contributed by atoms with E-state index >= 15 is 0 Å². The quantitative estimate of drug-likeness (QED) is 0.0651. The van der Waals surface area contributed by atoms with Gasteiger partial charge in [0.25, 0.3) is 0 Å². The fourth-order valence-electron chi connectivity index (χ4n) is 8.67. The summed E-state index contributed by atoms with van der Waals surface area (Å²) in [5.41, 5.74) is 10.9. The second-order valence-corrected chi connectivity index (χ2v) is 21.2. The van der Waals surface area contributed by atoms with E-state index in [9.17, 15) is 24.0 Å². The van der Waals surface area contributed by atoms with E-state index < -0.39 is 41.1 Å². The van der Waals surface area contributed by atoms with Gasteiger partial charge >= 0.3 is 12.2 Å². The first kappa shape index (κ1) is 58.6. The molecule has 79 heavy (non-hydrogen) atoms. The Morgan fingerprint density at radius 1 is 0.658 bits per heavy atom. The van der Waals surface area contributed by atoms with Crippen LogP contribution in [0.4, 0.5) is 9.59 Å². The molecule has 0 radical (unpaired) electrons. The molecule has 3 atom stereocenters.